The van der Waals surface area contributed by atoms with Gasteiger partial charge >= 0.3 is 0 Å². The van der Waals surface area contributed by atoms with Crippen LogP contribution in [0.5, 0.6) is 0 Å². The van der Waals surface area contributed by atoms with Crippen LogP contribution in [0.2, 0.25) is 0 Å². The van der Waals surface area contributed by atoms with E-state index in [1.165, 1.54) is 24.3 Å². The highest BCUT2D eigenvalue weighted by molar-refractivity contribution is 5.94. The van der Waals surface area contributed by atoms with Gasteiger partial charge in [0.15, 0.2) is 0 Å². The van der Waals surface area contributed by atoms with Gasteiger partial charge in [0.2, 0.25) is 5.91 Å². The Morgan fingerprint density at radius 3 is 2.58 bits per heavy atom. The average Bonchev–Trinajstić information content (AvgIpc) is 3.31. The van der Waals surface area contributed by atoms with Gasteiger partial charge in [-0.25, -0.2) is 4.39 Å². The molecule has 2 amide bonds. The van der Waals surface area contributed by atoms with Gasteiger partial charge < -0.3 is 10.2 Å². The lowest BCUT2D eigenvalue weighted by molar-refractivity contribution is -0.126. The van der Waals surface area contributed by atoms with Crippen molar-refractivity contribution in [1.82, 2.24) is 20.0 Å². The van der Waals surface area contributed by atoms with Crippen molar-refractivity contribution >= 4 is 11.8 Å². The highest BCUT2D eigenvalue weighted by Crippen LogP contribution is 2.20. The second-order valence-electron chi connectivity index (χ2n) is 7.79. The molecule has 1 aliphatic heterocycles. The summed E-state index contributed by atoms with van der Waals surface area (Å²) in [4.78, 5) is 27.2. The number of carbonyl (C=O) groups excluding carboxylic acids is 2. The third-order valence-corrected chi connectivity index (χ3v) is 5.63. The van der Waals surface area contributed by atoms with E-state index in [1.807, 2.05) is 41.2 Å². The Morgan fingerprint density at radius 1 is 1.06 bits per heavy atom. The molecule has 1 N–H and O–H groups in total. The lowest BCUT2D eigenvalue weighted by Crippen LogP contribution is -2.45. The fraction of sp³-hybridized carbons (Fsp3) is 0.292. The van der Waals surface area contributed by atoms with E-state index < -0.39 is 0 Å². The Hall–Kier alpha value is -3.48. The maximum Gasteiger partial charge on any atom is 0.253 e. The molecule has 31 heavy (non-hydrogen) atoms. The molecule has 1 atom stereocenters. The van der Waals surface area contributed by atoms with Crippen LogP contribution in [0.1, 0.15) is 34.3 Å². The summed E-state index contributed by atoms with van der Waals surface area (Å²) in [6, 6.07) is 15.4. The van der Waals surface area contributed by atoms with Gasteiger partial charge in [-0.1, -0.05) is 24.3 Å². The number of nitrogens with one attached hydrogen (secondary N) is 1. The van der Waals surface area contributed by atoms with E-state index in [1.54, 1.807) is 11.1 Å². The summed E-state index contributed by atoms with van der Waals surface area (Å²) in [7, 11) is 0. The molecule has 2 aromatic carbocycles. The van der Waals surface area contributed by atoms with Crippen molar-refractivity contribution in [1.29, 1.82) is 0 Å². The first kappa shape index (κ1) is 20.8. The van der Waals surface area contributed by atoms with E-state index in [0.29, 0.717) is 31.7 Å². The van der Waals surface area contributed by atoms with Crippen molar-refractivity contribution in [3.8, 4) is 0 Å². The summed E-state index contributed by atoms with van der Waals surface area (Å²) in [5.74, 6) is -0.843. The highest BCUT2D eigenvalue weighted by atomic mass is 19.1. The molecule has 0 radical (unpaired) electrons. The van der Waals surface area contributed by atoms with Crippen LogP contribution < -0.4 is 5.32 Å². The maximum atomic E-state index is 13.1. The van der Waals surface area contributed by atoms with Gasteiger partial charge in [0, 0.05) is 37.6 Å². The Labute approximate surface area is 180 Å². The second-order valence-corrected chi connectivity index (χ2v) is 7.79. The number of aromatic nitrogens is 2. The van der Waals surface area contributed by atoms with Crippen LogP contribution in [0, 0.1) is 11.7 Å². The second kappa shape index (κ2) is 9.55. The zero-order valence-corrected chi connectivity index (χ0v) is 17.2. The average molecular weight is 420 g/mol. The minimum Gasteiger partial charge on any atom is -0.352 e. The van der Waals surface area contributed by atoms with E-state index in [0.717, 1.165) is 24.0 Å². The number of hydrogen-bond acceptors (Lipinski definition) is 3. The molecule has 1 aromatic heterocycles. The molecule has 1 saturated heterocycles. The van der Waals surface area contributed by atoms with Crippen molar-refractivity contribution in [3.63, 3.8) is 0 Å². The van der Waals surface area contributed by atoms with Gasteiger partial charge in [-0.3, -0.25) is 14.3 Å². The number of halogens is 1. The number of likely N-dealkylation sites (tertiary alicyclic amines) is 1. The molecule has 0 spiro atoms. The lowest BCUT2D eigenvalue weighted by atomic mass is 9.96. The van der Waals surface area contributed by atoms with Gasteiger partial charge in [0.1, 0.15) is 5.82 Å². The number of rotatable bonds is 6. The molecule has 7 heteroatoms. The first-order valence-corrected chi connectivity index (χ1v) is 10.5. The Balaban J connectivity index is 1.36. The predicted octanol–water partition coefficient (Wildman–Crippen LogP) is 3.24. The van der Waals surface area contributed by atoms with Gasteiger partial charge in [-0.05, 0) is 54.3 Å². The monoisotopic (exact) mass is 420 g/mol. The van der Waals surface area contributed by atoms with Crippen LogP contribution in [-0.2, 0) is 17.9 Å². The van der Waals surface area contributed by atoms with Gasteiger partial charge in [0.05, 0.1) is 12.5 Å². The van der Waals surface area contributed by atoms with Crippen LogP contribution in [0.25, 0.3) is 0 Å². The number of nitrogens with zero attached hydrogens (tertiary/aromatic N) is 3. The molecule has 0 saturated carbocycles. The summed E-state index contributed by atoms with van der Waals surface area (Å²) in [5, 5.41) is 7.29. The number of hydrogen-bond donors (Lipinski definition) is 1. The van der Waals surface area contributed by atoms with Crippen LogP contribution in [0.3, 0.4) is 0 Å². The highest BCUT2D eigenvalue weighted by Gasteiger charge is 2.28. The smallest absolute Gasteiger partial charge is 0.253 e. The maximum absolute atomic E-state index is 13.1. The zero-order valence-electron chi connectivity index (χ0n) is 17.2. The van der Waals surface area contributed by atoms with E-state index in [9.17, 15) is 14.0 Å². The van der Waals surface area contributed by atoms with Crippen LogP contribution >= 0.6 is 0 Å². The molecule has 3 aromatic rings. The fourth-order valence-corrected chi connectivity index (χ4v) is 3.93. The van der Waals surface area contributed by atoms with Crippen molar-refractivity contribution in [3.05, 3.63) is 89.5 Å². The molecule has 160 valence electrons. The summed E-state index contributed by atoms with van der Waals surface area (Å²) in [5.41, 5.74) is 2.58. The molecule has 6 nitrogen and oxygen atoms in total. The third-order valence-electron chi connectivity index (χ3n) is 5.63. The van der Waals surface area contributed by atoms with Crippen molar-refractivity contribution in [2.75, 3.05) is 13.1 Å². The molecule has 1 fully saturated rings. The number of piperidine rings is 1. The minimum absolute atomic E-state index is 0.0505. The first-order valence-electron chi connectivity index (χ1n) is 10.5. The summed E-state index contributed by atoms with van der Waals surface area (Å²) >= 11 is 0. The van der Waals surface area contributed by atoms with Crippen LogP contribution in [0.4, 0.5) is 4.39 Å². The quantitative estimate of drug-likeness (QED) is 0.666. The molecule has 0 unspecified atom stereocenters. The lowest BCUT2D eigenvalue weighted by Gasteiger charge is -2.32. The van der Waals surface area contributed by atoms with E-state index in [2.05, 4.69) is 10.4 Å². The molecular weight excluding hydrogens is 395 g/mol. The van der Waals surface area contributed by atoms with Crippen molar-refractivity contribution in [2.45, 2.75) is 25.9 Å². The normalized spacial score (nSPS) is 16.2. The molecule has 4 rings (SSSR count). The third kappa shape index (κ3) is 5.17. The number of benzene rings is 2. The Kier molecular flexibility index (Phi) is 6.40. The molecule has 0 aliphatic carbocycles. The fourth-order valence-electron chi connectivity index (χ4n) is 3.93. The summed E-state index contributed by atoms with van der Waals surface area (Å²) in [6.45, 7) is 2.05. The van der Waals surface area contributed by atoms with Crippen molar-refractivity contribution < 1.29 is 14.0 Å². The molecule has 1 aliphatic rings. The topological polar surface area (TPSA) is 67.2 Å². The zero-order chi connectivity index (χ0) is 21.6. The minimum atomic E-state index is -0.375. The van der Waals surface area contributed by atoms with Gasteiger partial charge in [-0.2, -0.15) is 5.10 Å². The summed E-state index contributed by atoms with van der Waals surface area (Å²) in [6.07, 6.45) is 5.16. The predicted molar refractivity (Wildman–Crippen MR) is 115 cm³/mol. The molecule has 2 heterocycles. The van der Waals surface area contributed by atoms with Crippen LogP contribution in [-0.4, -0.2) is 39.6 Å². The van der Waals surface area contributed by atoms with E-state index in [4.69, 9.17) is 0 Å². The Morgan fingerprint density at radius 2 is 1.84 bits per heavy atom. The van der Waals surface area contributed by atoms with E-state index >= 15 is 0 Å². The first-order chi connectivity index (χ1) is 15.1. The largest absolute Gasteiger partial charge is 0.352 e. The van der Waals surface area contributed by atoms with Crippen LogP contribution in [0.15, 0.2) is 67.0 Å². The standard InChI is InChI=1S/C24H25FN4O2/c25-22-10-8-18(9-11-22)24(31)28-13-3-7-21(16-28)23(30)26-15-19-5-1-2-6-20(19)17-29-14-4-12-27-29/h1-2,4-6,8-12,14,21H,3,7,13,15-17H2,(H,26,30)/t21-/m1/s1. The number of carbonyl (C=O) groups is 2. The SMILES string of the molecule is O=C(NCc1ccccc1Cn1cccn1)[C@@H]1CCCN(C(=O)c2ccc(F)cc2)C1. The Bertz CT molecular complexity index is 1030. The summed E-state index contributed by atoms with van der Waals surface area (Å²) < 4.78 is 15.0. The molecule has 0 bridgehead atoms. The van der Waals surface area contributed by atoms with Crippen molar-refractivity contribution in [2.24, 2.45) is 5.92 Å². The molecular formula is C24H25FN4O2. The van der Waals surface area contributed by atoms with Gasteiger partial charge in [-0.15, -0.1) is 0 Å². The van der Waals surface area contributed by atoms with E-state index in [-0.39, 0.29) is 23.5 Å². The number of amides is 2. The van der Waals surface area contributed by atoms with Gasteiger partial charge in [0.25, 0.3) is 5.91 Å².